The molecule has 2 aromatic heterocycles. The molecule has 3 aliphatic rings. The first-order valence-electron chi connectivity index (χ1n) is 12.2. The molecule has 0 radical (unpaired) electrons. The number of nitrogens with zero attached hydrogens (tertiary/aromatic N) is 7. The Kier molecular flexibility index (Phi) is 7.19. The highest BCUT2D eigenvalue weighted by molar-refractivity contribution is 7.16. The number of nitrogen functional groups attached to an aromatic ring is 1. The number of ether oxygens (including phenoxy) is 1. The van der Waals surface area contributed by atoms with Gasteiger partial charge in [-0.1, -0.05) is 0 Å². The molecule has 5 heterocycles. The van der Waals surface area contributed by atoms with E-state index in [2.05, 4.69) is 42.8 Å². The minimum atomic E-state index is -0.941. The van der Waals surface area contributed by atoms with Crippen molar-refractivity contribution in [3.05, 3.63) is 23.3 Å². The number of hydrogen-bond donors (Lipinski definition) is 2. The minimum Gasteiger partial charge on any atom is -0.384 e. The first-order valence-corrected chi connectivity index (χ1v) is 13.0. The molecule has 2 atom stereocenters. The van der Waals surface area contributed by atoms with Crippen LogP contribution in [-0.4, -0.2) is 113 Å². The molecule has 2 saturated heterocycles. The first kappa shape index (κ1) is 24.3. The van der Waals surface area contributed by atoms with E-state index < -0.39 is 6.10 Å². The number of thiophene rings is 1. The third kappa shape index (κ3) is 5.13. The summed E-state index contributed by atoms with van der Waals surface area (Å²) in [6.07, 6.45) is 2.63. The number of piperazine rings is 1. The summed E-state index contributed by atoms with van der Waals surface area (Å²) in [4.78, 5) is 29.6. The van der Waals surface area contributed by atoms with Crippen LogP contribution in [0.4, 0.5) is 11.6 Å². The normalized spacial score (nSPS) is 23.3. The molecule has 5 rings (SSSR count). The van der Waals surface area contributed by atoms with Crippen LogP contribution < -0.4 is 10.7 Å². The number of amides is 1. The molecule has 190 valence electrons. The number of morpholine rings is 1. The number of hydrazine groups is 1. The summed E-state index contributed by atoms with van der Waals surface area (Å²) < 4.78 is 5.61. The first-order chi connectivity index (χ1) is 16.9. The standard InChI is InChI=1S/C23H34N8O3S/c1-16-21-19(11-20(35-21)18-12-25-23(24)26-13-18)31(30-7-9-34-10-8-30)15-29(16)14-27-3-5-28(6-4-27)22(33)17(2)32/h11-13,16-17,32H,3-10,14-15H2,1-2H3,(H2,24,25,26)/t16-,17-/m0/s1. The molecule has 0 spiro atoms. The van der Waals surface area contributed by atoms with Gasteiger partial charge in [0.1, 0.15) is 6.10 Å². The second kappa shape index (κ2) is 10.3. The van der Waals surface area contributed by atoms with Gasteiger partial charge in [0.25, 0.3) is 5.91 Å². The third-order valence-corrected chi connectivity index (χ3v) is 8.31. The number of carbonyl (C=O) groups excluding carboxylic acids is 1. The summed E-state index contributed by atoms with van der Waals surface area (Å²) in [5.74, 6) is 0.0942. The van der Waals surface area contributed by atoms with Crippen LogP contribution in [0.3, 0.4) is 0 Å². The molecule has 0 aromatic carbocycles. The van der Waals surface area contributed by atoms with Crippen molar-refractivity contribution in [1.82, 2.24) is 29.7 Å². The highest BCUT2D eigenvalue weighted by Gasteiger charge is 2.36. The predicted molar refractivity (Wildman–Crippen MR) is 134 cm³/mol. The van der Waals surface area contributed by atoms with E-state index in [4.69, 9.17) is 10.5 Å². The Morgan fingerprint density at radius 2 is 1.89 bits per heavy atom. The van der Waals surface area contributed by atoms with Crippen LogP contribution in [0.5, 0.6) is 0 Å². The molecule has 3 N–H and O–H groups in total. The average Bonchev–Trinajstić information content (AvgIpc) is 3.32. The number of fused-ring (bicyclic) bond motifs is 1. The Hall–Kier alpha value is -2.35. The second-order valence-corrected chi connectivity index (χ2v) is 10.4. The Balaban J connectivity index is 1.35. The van der Waals surface area contributed by atoms with E-state index in [0.29, 0.717) is 13.1 Å². The molecular formula is C23H34N8O3S. The van der Waals surface area contributed by atoms with Gasteiger partial charge in [0.05, 0.1) is 32.2 Å². The van der Waals surface area contributed by atoms with Crippen LogP contribution in [0.15, 0.2) is 18.5 Å². The van der Waals surface area contributed by atoms with Gasteiger partial charge in [0, 0.05) is 73.0 Å². The lowest BCUT2D eigenvalue weighted by Gasteiger charge is -2.48. The van der Waals surface area contributed by atoms with Crippen LogP contribution in [0.1, 0.15) is 24.8 Å². The van der Waals surface area contributed by atoms with Crippen LogP contribution in [0.2, 0.25) is 0 Å². The zero-order chi connectivity index (χ0) is 24.5. The van der Waals surface area contributed by atoms with Gasteiger partial charge in [-0.2, -0.15) is 0 Å². The Labute approximate surface area is 209 Å². The molecule has 0 unspecified atom stereocenters. The van der Waals surface area contributed by atoms with E-state index in [-0.39, 0.29) is 17.9 Å². The molecule has 12 heteroatoms. The van der Waals surface area contributed by atoms with Gasteiger partial charge in [-0.15, -0.1) is 11.3 Å². The average molecular weight is 503 g/mol. The van der Waals surface area contributed by atoms with Crippen LogP contribution in [0, 0.1) is 0 Å². The molecule has 2 fully saturated rings. The molecule has 2 aromatic rings. The smallest absolute Gasteiger partial charge is 0.251 e. The van der Waals surface area contributed by atoms with Gasteiger partial charge in [0.2, 0.25) is 5.95 Å². The summed E-state index contributed by atoms with van der Waals surface area (Å²) >= 11 is 1.78. The lowest BCUT2D eigenvalue weighted by molar-refractivity contribution is -0.141. The van der Waals surface area contributed by atoms with Crippen LogP contribution in [0.25, 0.3) is 10.4 Å². The Morgan fingerprint density at radius 3 is 2.54 bits per heavy atom. The Bertz CT molecular complexity index is 1020. The van der Waals surface area contributed by atoms with Gasteiger partial charge in [-0.05, 0) is 19.9 Å². The minimum absolute atomic E-state index is 0.183. The lowest BCUT2D eigenvalue weighted by atomic mass is 10.1. The number of aromatic nitrogens is 2. The fourth-order valence-electron chi connectivity index (χ4n) is 4.88. The molecule has 0 aliphatic carbocycles. The molecule has 0 saturated carbocycles. The third-order valence-electron chi connectivity index (χ3n) is 6.97. The maximum atomic E-state index is 12.2. The maximum absolute atomic E-state index is 12.2. The van der Waals surface area contributed by atoms with Crippen molar-refractivity contribution in [3.63, 3.8) is 0 Å². The van der Waals surface area contributed by atoms with Gasteiger partial charge in [-0.3, -0.25) is 19.6 Å². The highest BCUT2D eigenvalue weighted by Crippen LogP contribution is 2.45. The quantitative estimate of drug-likeness (QED) is 0.604. The van der Waals surface area contributed by atoms with Crippen molar-refractivity contribution >= 4 is 28.9 Å². The molecule has 11 nitrogen and oxygen atoms in total. The van der Waals surface area contributed by atoms with Crippen LogP contribution >= 0.6 is 11.3 Å². The van der Waals surface area contributed by atoms with Crippen molar-refractivity contribution in [2.24, 2.45) is 0 Å². The monoisotopic (exact) mass is 502 g/mol. The maximum Gasteiger partial charge on any atom is 0.251 e. The van der Waals surface area contributed by atoms with Crippen molar-refractivity contribution in [2.75, 3.05) is 76.6 Å². The van der Waals surface area contributed by atoms with E-state index >= 15 is 0 Å². The molecule has 1 amide bonds. The molecule has 35 heavy (non-hydrogen) atoms. The fourth-order valence-corrected chi connectivity index (χ4v) is 6.09. The lowest BCUT2D eigenvalue weighted by Crippen LogP contribution is -2.58. The van der Waals surface area contributed by atoms with Crippen molar-refractivity contribution in [3.8, 4) is 10.4 Å². The number of rotatable bonds is 5. The highest BCUT2D eigenvalue weighted by atomic mass is 32.1. The zero-order valence-electron chi connectivity index (χ0n) is 20.3. The van der Waals surface area contributed by atoms with Gasteiger partial charge >= 0.3 is 0 Å². The molecular weight excluding hydrogens is 468 g/mol. The Morgan fingerprint density at radius 1 is 1.20 bits per heavy atom. The second-order valence-electron chi connectivity index (χ2n) is 9.32. The number of anilines is 2. The number of nitrogens with two attached hydrogens (primary N) is 1. The van der Waals surface area contributed by atoms with E-state index in [9.17, 15) is 9.90 Å². The summed E-state index contributed by atoms with van der Waals surface area (Å²) in [6, 6.07) is 2.49. The SMILES string of the molecule is C[C@H](O)C(=O)N1CCN(CN2CN(N3CCOCC3)c3cc(-c4cnc(N)nc4)sc3[C@@H]2C)CC1. The van der Waals surface area contributed by atoms with Crippen molar-refractivity contribution < 1.29 is 14.6 Å². The van der Waals surface area contributed by atoms with Gasteiger partial charge < -0.3 is 20.5 Å². The van der Waals surface area contributed by atoms with Crippen molar-refractivity contribution in [2.45, 2.75) is 26.0 Å². The van der Waals surface area contributed by atoms with E-state index in [1.165, 1.54) is 17.5 Å². The largest absolute Gasteiger partial charge is 0.384 e. The van der Waals surface area contributed by atoms with E-state index in [1.54, 1.807) is 28.6 Å². The fraction of sp³-hybridized carbons (Fsp3) is 0.609. The van der Waals surface area contributed by atoms with Crippen molar-refractivity contribution in [1.29, 1.82) is 0 Å². The molecule has 3 aliphatic heterocycles. The number of aliphatic hydroxyl groups excluding tert-OH is 1. The topological polar surface area (TPSA) is 115 Å². The van der Waals surface area contributed by atoms with E-state index in [0.717, 1.165) is 63.2 Å². The zero-order valence-corrected chi connectivity index (χ0v) is 21.2. The predicted octanol–water partition coefficient (Wildman–Crippen LogP) is 0.658. The number of aliphatic hydroxyl groups is 1. The van der Waals surface area contributed by atoms with Gasteiger partial charge in [-0.25, -0.2) is 15.0 Å². The van der Waals surface area contributed by atoms with Gasteiger partial charge in [0.15, 0.2) is 0 Å². The summed E-state index contributed by atoms with van der Waals surface area (Å²) in [5.41, 5.74) is 7.91. The van der Waals surface area contributed by atoms with E-state index in [1.807, 2.05) is 0 Å². The number of carbonyl (C=O) groups is 1. The summed E-state index contributed by atoms with van der Waals surface area (Å²) in [5, 5.41) is 14.4. The number of hydrogen-bond acceptors (Lipinski definition) is 11. The molecule has 0 bridgehead atoms. The summed E-state index contributed by atoms with van der Waals surface area (Å²) in [6.45, 7) is 11.5. The van der Waals surface area contributed by atoms with Crippen LogP contribution in [-0.2, 0) is 9.53 Å². The summed E-state index contributed by atoms with van der Waals surface area (Å²) in [7, 11) is 0.